The summed E-state index contributed by atoms with van der Waals surface area (Å²) in [5.41, 5.74) is 1.03. The van der Waals surface area contributed by atoms with E-state index in [-0.39, 0.29) is 18.2 Å². The zero-order valence-electron chi connectivity index (χ0n) is 12.0. The highest BCUT2D eigenvalue weighted by Gasteiger charge is 2.10. The molecular formula is C14H15N5O2S. The Morgan fingerprint density at radius 1 is 1.45 bits per heavy atom. The average Bonchev–Trinajstić information content (AvgIpc) is 2.98. The molecule has 1 heterocycles. The first-order chi connectivity index (χ1) is 10.7. The lowest BCUT2D eigenvalue weighted by Crippen LogP contribution is -2.25. The summed E-state index contributed by atoms with van der Waals surface area (Å²) in [7, 11) is 1.62. The molecule has 0 aliphatic carbocycles. The van der Waals surface area contributed by atoms with Gasteiger partial charge in [-0.3, -0.25) is 4.79 Å². The molecule has 0 saturated carbocycles. The Hall–Kier alpha value is -2.53. The number of carbonyl (C=O) groups is 1. The summed E-state index contributed by atoms with van der Waals surface area (Å²) < 4.78 is 6.76. The molecule has 2 rings (SSSR count). The van der Waals surface area contributed by atoms with Gasteiger partial charge in [0.05, 0.1) is 26.0 Å². The van der Waals surface area contributed by atoms with Crippen LogP contribution in [-0.2, 0) is 11.3 Å². The van der Waals surface area contributed by atoms with Crippen molar-refractivity contribution in [1.82, 2.24) is 25.5 Å². The summed E-state index contributed by atoms with van der Waals surface area (Å²) in [5.74, 6) is 3.20. The van der Waals surface area contributed by atoms with E-state index in [9.17, 15) is 4.79 Å². The van der Waals surface area contributed by atoms with Crippen molar-refractivity contribution in [2.75, 3.05) is 19.4 Å². The average molecular weight is 317 g/mol. The van der Waals surface area contributed by atoms with Gasteiger partial charge in [0.25, 0.3) is 0 Å². The molecule has 0 spiro atoms. The first-order valence-electron chi connectivity index (χ1n) is 6.45. The number of hydrogen-bond acceptors (Lipinski definition) is 6. The van der Waals surface area contributed by atoms with Gasteiger partial charge in [-0.25, -0.2) is 4.68 Å². The molecule has 1 amide bonds. The molecule has 0 radical (unpaired) electrons. The van der Waals surface area contributed by atoms with Crippen molar-refractivity contribution >= 4 is 17.7 Å². The normalized spacial score (nSPS) is 10.0. The second-order valence-electron chi connectivity index (χ2n) is 4.24. The molecule has 0 aliphatic heterocycles. The molecule has 0 fully saturated rings. The maximum Gasteiger partial charge on any atom is 0.231 e. The van der Waals surface area contributed by atoms with Gasteiger partial charge in [0.1, 0.15) is 5.75 Å². The number of rotatable bonds is 7. The van der Waals surface area contributed by atoms with E-state index in [2.05, 4.69) is 26.8 Å². The molecule has 0 aliphatic rings. The molecule has 114 valence electrons. The third kappa shape index (κ3) is 4.49. The summed E-state index contributed by atoms with van der Waals surface area (Å²) in [5, 5.41) is 14.7. The standard InChI is InChI=1S/C14H15N5O2S/c1-3-8-15-13(20)10-22-14-16-17-18-19(14)9-11-4-6-12(21-2)7-5-11/h1,4-7H,8-10H2,2H3,(H,15,20). The van der Waals surface area contributed by atoms with E-state index < -0.39 is 0 Å². The van der Waals surface area contributed by atoms with Gasteiger partial charge in [-0.05, 0) is 28.1 Å². The second-order valence-corrected chi connectivity index (χ2v) is 5.18. The van der Waals surface area contributed by atoms with Crippen LogP contribution in [0.3, 0.4) is 0 Å². The number of ether oxygens (including phenoxy) is 1. The highest BCUT2D eigenvalue weighted by atomic mass is 32.2. The Kier molecular flexibility index (Phi) is 5.80. The highest BCUT2D eigenvalue weighted by Crippen LogP contribution is 2.16. The van der Waals surface area contributed by atoms with Crippen LogP contribution >= 0.6 is 11.8 Å². The van der Waals surface area contributed by atoms with Gasteiger partial charge in [-0.2, -0.15) is 0 Å². The number of methoxy groups -OCH3 is 1. The first kappa shape index (κ1) is 15.9. The van der Waals surface area contributed by atoms with Crippen molar-refractivity contribution in [1.29, 1.82) is 0 Å². The predicted octanol–water partition coefficient (Wildman–Crippen LogP) is 0.571. The number of terminal acetylenes is 1. The lowest BCUT2D eigenvalue weighted by molar-refractivity contribution is -0.118. The Morgan fingerprint density at radius 2 is 2.23 bits per heavy atom. The Morgan fingerprint density at radius 3 is 2.91 bits per heavy atom. The van der Waals surface area contributed by atoms with Crippen LogP contribution in [0.5, 0.6) is 5.75 Å². The molecular weight excluding hydrogens is 302 g/mol. The number of thioether (sulfide) groups is 1. The minimum atomic E-state index is -0.151. The Labute approximate surface area is 132 Å². The number of amides is 1. The molecule has 1 aromatic heterocycles. The van der Waals surface area contributed by atoms with Crippen molar-refractivity contribution in [3.8, 4) is 18.1 Å². The van der Waals surface area contributed by atoms with Gasteiger partial charge in [-0.15, -0.1) is 11.5 Å². The minimum absolute atomic E-state index is 0.151. The molecule has 2 aromatic rings. The maximum atomic E-state index is 11.5. The van der Waals surface area contributed by atoms with Crippen LogP contribution in [0.4, 0.5) is 0 Å². The number of aromatic nitrogens is 4. The number of nitrogens with one attached hydrogen (secondary N) is 1. The smallest absolute Gasteiger partial charge is 0.231 e. The van der Waals surface area contributed by atoms with Crippen molar-refractivity contribution < 1.29 is 9.53 Å². The van der Waals surface area contributed by atoms with E-state index in [4.69, 9.17) is 11.2 Å². The van der Waals surface area contributed by atoms with Crippen molar-refractivity contribution in [2.24, 2.45) is 0 Å². The molecule has 1 aromatic carbocycles. The fraction of sp³-hybridized carbons (Fsp3) is 0.286. The lowest BCUT2D eigenvalue weighted by atomic mass is 10.2. The fourth-order valence-corrected chi connectivity index (χ4v) is 2.34. The maximum absolute atomic E-state index is 11.5. The van der Waals surface area contributed by atoms with Crippen LogP contribution < -0.4 is 10.1 Å². The third-order valence-corrected chi connectivity index (χ3v) is 3.67. The third-order valence-electron chi connectivity index (χ3n) is 2.71. The molecule has 0 unspecified atom stereocenters. The summed E-state index contributed by atoms with van der Waals surface area (Å²) >= 11 is 1.26. The van der Waals surface area contributed by atoms with Gasteiger partial charge in [0, 0.05) is 0 Å². The fourth-order valence-electron chi connectivity index (χ4n) is 1.63. The number of benzene rings is 1. The lowest BCUT2D eigenvalue weighted by Gasteiger charge is -2.05. The molecule has 22 heavy (non-hydrogen) atoms. The van der Waals surface area contributed by atoms with Gasteiger partial charge >= 0.3 is 0 Å². The van der Waals surface area contributed by atoms with Crippen molar-refractivity contribution in [3.63, 3.8) is 0 Å². The van der Waals surface area contributed by atoms with E-state index in [1.165, 1.54) is 11.8 Å². The van der Waals surface area contributed by atoms with Crippen LogP contribution in [0.15, 0.2) is 29.4 Å². The predicted molar refractivity (Wildman–Crippen MR) is 82.5 cm³/mol. The first-order valence-corrected chi connectivity index (χ1v) is 7.43. The SMILES string of the molecule is C#CCNC(=O)CSc1nnnn1Cc1ccc(OC)cc1. The van der Waals surface area contributed by atoms with Gasteiger partial charge in [0.15, 0.2) is 0 Å². The van der Waals surface area contributed by atoms with Crippen molar-refractivity contribution in [3.05, 3.63) is 29.8 Å². The molecule has 8 heteroatoms. The highest BCUT2D eigenvalue weighted by molar-refractivity contribution is 7.99. The molecule has 7 nitrogen and oxygen atoms in total. The van der Waals surface area contributed by atoms with Crippen molar-refractivity contribution in [2.45, 2.75) is 11.7 Å². The molecule has 1 N–H and O–H groups in total. The number of nitrogens with zero attached hydrogens (tertiary/aromatic N) is 4. The van der Waals surface area contributed by atoms with Crippen LogP contribution in [-0.4, -0.2) is 45.5 Å². The summed E-state index contributed by atoms with van der Waals surface area (Å²) in [6.45, 7) is 0.738. The number of hydrogen-bond donors (Lipinski definition) is 1. The number of tetrazole rings is 1. The van der Waals surface area contributed by atoms with Gasteiger partial charge in [-0.1, -0.05) is 29.8 Å². The Balaban J connectivity index is 1.94. The number of carbonyl (C=O) groups excluding carboxylic acids is 1. The zero-order chi connectivity index (χ0) is 15.8. The summed E-state index contributed by atoms with van der Waals surface area (Å²) in [6, 6.07) is 7.63. The monoisotopic (exact) mass is 317 g/mol. The van der Waals surface area contributed by atoms with E-state index in [1.807, 2.05) is 24.3 Å². The van der Waals surface area contributed by atoms with Gasteiger partial charge < -0.3 is 10.1 Å². The van der Waals surface area contributed by atoms with Crippen LogP contribution in [0, 0.1) is 12.3 Å². The van der Waals surface area contributed by atoms with Gasteiger partial charge in [0.2, 0.25) is 11.1 Å². The zero-order valence-corrected chi connectivity index (χ0v) is 12.8. The largest absolute Gasteiger partial charge is 0.497 e. The Bertz CT molecular complexity index is 663. The van der Waals surface area contributed by atoms with Crippen LogP contribution in [0.1, 0.15) is 5.56 Å². The summed E-state index contributed by atoms with van der Waals surface area (Å²) in [6.07, 6.45) is 5.08. The molecule has 0 atom stereocenters. The van der Waals surface area contributed by atoms with E-state index in [0.29, 0.717) is 11.7 Å². The van der Waals surface area contributed by atoms with E-state index >= 15 is 0 Å². The van der Waals surface area contributed by atoms with Crippen LogP contribution in [0.2, 0.25) is 0 Å². The minimum Gasteiger partial charge on any atom is -0.497 e. The second kappa shape index (κ2) is 8.05. The van der Waals surface area contributed by atoms with Crippen LogP contribution in [0.25, 0.3) is 0 Å². The van der Waals surface area contributed by atoms with E-state index in [0.717, 1.165) is 11.3 Å². The molecule has 0 saturated heterocycles. The summed E-state index contributed by atoms with van der Waals surface area (Å²) in [4.78, 5) is 11.5. The van der Waals surface area contributed by atoms with E-state index in [1.54, 1.807) is 11.8 Å². The quantitative estimate of drug-likeness (QED) is 0.594. The molecule has 0 bridgehead atoms. The topological polar surface area (TPSA) is 81.9 Å².